The van der Waals surface area contributed by atoms with Crippen LogP contribution in [-0.2, 0) is 13.6 Å². The van der Waals surface area contributed by atoms with Crippen molar-refractivity contribution in [2.24, 2.45) is 7.05 Å². The molecule has 78 valence electrons. The highest BCUT2D eigenvalue weighted by molar-refractivity contribution is 5.40. The number of hydrogen-bond donors (Lipinski definition) is 2. The standard InChI is InChI=1S/C10H12N4O/c1-14-7-9(2-3-10(14)15)11-6-8-4-5-12-13-8/h2-5,7,11H,6H2,1H3,(H,12,13). The molecule has 0 saturated carbocycles. The predicted molar refractivity (Wildman–Crippen MR) is 57.6 cm³/mol. The molecule has 0 fully saturated rings. The Morgan fingerprint density at radius 1 is 1.47 bits per heavy atom. The average Bonchev–Trinajstić information content (AvgIpc) is 2.73. The monoisotopic (exact) mass is 204 g/mol. The number of pyridine rings is 1. The summed E-state index contributed by atoms with van der Waals surface area (Å²) >= 11 is 0. The van der Waals surface area contributed by atoms with Crippen molar-refractivity contribution in [3.05, 3.63) is 46.6 Å². The molecule has 2 heterocycles. The average molecular weight is 204 g/mol. The third kappa shape index (κ3) is 2.25. The summed E-state index contributed by atoms with van der Waals surface area (Å²) in [6, 6.07) is 5.20. The Morgan fingerprint density at radius 3 is 3.00 bits per heavy atom. The second-order valence-corrected chi connectivity index (χ2v) is 3.30. The van der Waals surface area contributed by atoms with Gasteiger partial charge in [-0.3, -0.25) is 9.89 Å². The van der Waals surface area contributed by atoms with E-state index in [4.69, 9.17) is 0 Å². The number of nitrogens with zero attached hydrogens (tertiary/aromatic N) is 2. The summed E-state index contributed by atoms with van der Waals surface area (Å²) in [6.07, 6.45) is 3.47. The van der Waals surface area contributed by atoms with Crippen LogP contribution in [0.5, 0.6) is 0 Å². The summed E-state index contributed by atoms with van der Waals surface area (Å²) < 4.78 is 1.54. The Kier molecular flexibility index (Phi) is 2.53. The Bertz CT molecular complexity index is 486. The Balaban J connectivity index is 2.05. The maximum Gasteiger partial charge on any atom is 0.250 e. The van der Waals surface area contributed by atoms with Crippen LogP contribution in [0.2, 0.25) is 0 Å². The summed E-state index contributed by atoms with van der Waals surface area (Å²) in [7, 11) is 1.73. The highest BCUT2D eigenvalue weighted by Gasteiger charge is 1.96. The number of aromatic nitrogens is 3. The lowest BCUT2D eigenvalue weighted by molar-refractivity contribution is 0.858. The smallest absolute Gasteiger partial charge is 0.250 e. The number of H-pyrrole nitrogens is 1. The van der Waals surface area contributed by atoms with Crippen molar-refractivity contribution in [2.75, 3.05) is 5.32 Å². The van der Waals surface area contributed by atoms with Crippen molar-refractivity contribution in [1.29, 1.82) is 0 Å². The topological polar surface area (TPSA) is 62.7 Å². The molecule has 2 N–H and O–H groups in total. The first-order chi connectivity index (χ1) is 7.25. The van der Waals surface area contributed by atoms with Crippen LogP contribution in [0, 0.1) is 0 Å². The SMILES string of the molecule is Cn1cc(NCc2ccn[nH]2)ccc1=O. The molecule has 2 aromatic rings. The molecule has 0 spiro atoms. The van der Waals surface area contributed by atoms with E-state index < -0.39 is 0 Å². The lowest BCUT2D eigenvalue weighted by Crippen LogP contribution is -2.15. The quantitative estimate of drug-likeness (QED) is 0.774. The van der Waals surface area contributed by atoms with E-state index in [2.05, 4.69) is 15.5 Å². The van der Waals surface area contributed by atoms with Gasteiger partial charge in [0.1, 0.15) is 0 Å². The van der Waals surface area contributed by atoms with Gasteiger partial charge in [0.2, 0.25) is 5.56 Å². The highest BCUT2D eigenvalue weighted by atomic mass is 16.1. The normalized spacial score (nSPS) is 10.2. The summed E-state index contributed by atoms with van der Waals surface area (Å²) in [6.45, 7) is 0.665. The molecule has 5 nitrogen and oxygen atoms in total. The molecule has 0 radical (unpaired) electrons. The van der Waals surface area contributed by atoms with Crippen LogP contribution < -0.4 is 10.9 Å². The minimum Gasteiger partial charge on any atom is -0.378 e. The van der Waals surface area contributed by atoms with Crippen molar-refractivity contribution in [3.8, 4) is 0 Å². The fraction of sp³-hybridized carbons (Fsp3) is 0.200. The molecule has 0 saturated heterocycles. The number of aryl methyl sites for hydroxylation is 1. The van der Waals surface area contributed by atoms with Gasteiger partial charge in [0.05, 0.1) is 17.9 Å². The molecule has 0 aromatic carbocycles. The molecule has 5 heteroatoms. The van der Waals surface area contributed by atoms with E-state index in [9.17, 15) is 4.79 Å². The Labute approximate surface area is 86.8 Å². The molecule has 0 aliphatic carbocycles. The Morgan fingerprint density at radius 2 is 2.33 bits per heavy atom. The molecule has 0 aliphatic rings. The van der Waals surface area contributed by atoms with Gasteiger partial charge in [0.15, 0.2) is 0 Å². The number of hydrogen-bond acceptors (Lipinski definition) is 3. The van der Waals surface area contributed by atoms with Crippen LogP contribution in [-0.4, -0.2) is 14.8 Å². The van der Waals surface area contributed by atoms with Crippen LogP contribution in [0.25, 0.3) is 0 Å². The first kappa shape index (κ1) is 9.51. The first-order valence-electron chi connectivity index (χ1n) is 4.64. The Hall–Kier alpha value is -2.04. The zero-order valence-electron chi connectivity index (χ0n) is 8.40. The third-order valence-corrected chi connectivity index (χ3v) is 2.13. The summed E-state index contributed by atoms with van der Waals surface area (Å²) in [5.41, 5.74) is 1.90. The highest BCUT2D eigenvalue weighted by Crippen LogP contribution is 2.04. The van der Waals surface area contributed by atoms with E-state index in [0.29, 0.717) is 6.54 Å². The van der Waals surface area contributed by atoms with E-state index in [-0.39, 0.29) is 5.56 Å². The van der Waals surface area contributed by atoms with Gasteiger partial charge >= 0.3 is 0 Å². The first-order valence-corrected chi connectivity index (χ1v) is 4.64. The molecule has 0 aliphatic heterocycles. The van der Waals surface area contributed by atoms with Crippen molar-refractivity contribution < 1.29 is 0 Å². The maximum atomic E-state index is 11.1. The lowest BCUT2D eigenvalue weighted by atomic mass is 10.3. The summed E-state index contributed by atoms with van der Waals surface area (Å²) in [5, 5.41) is 9.88. The van der Waals surface area contributed by atoms with Gasteiger partial charge in [-0.05, 0) is 12.1 Å². The second kappa shape index (κ2) is 4.00. The van der Waals surface area contributed by atoms with E-state index in [0.717, 1.165) is 11.4 Å². The van der Waals surface area contributed by atoms with Gasteiger partial charge in [-0.1, -0.05) is 0 Å². The molecular weight excluding hydrogens is 192 g/mol. The zero-order chi connectivity index (χ0) is 10.7. The number of nitrogens with one attached hydrogen (secondary N) is 2. The summed E-state index contributed by atoms with van der Waals surface area (Å²) in [5.74, 6) is 0. The van der Waals surface area contributed by atoms with Gasteiger partial charge in [-0.25, -0.2) is 0 Å². The lowest BCUT2D eigenvalue weighted by Gasteiger charge is -2.05. The van der Waals surface area contributed by atoms with Gasteiger partial charge < -0.3 is 9.88 Å². The van der Waals surface area contributed by atoms with E-state index in [1.807, 2.05) is 6.07 Å². The van der Waals surface area contributed by atoms with Crippen LogP contribution >= 0.6 is 0 Å². The molecular formula is C10H12N4O. The van der Waals surface area contributed by atoms with Gasteiger partial charge in [0.25, 0.3) is 0 Å². The van der Waals surface area contributed by atoms with E-state index in [1.54, 1.807) is 25.5 Å². The van der Waals surface area contributed by atoms with Crippen molar-refractivity contribution in [1.82, 2.24) is 14.8 Å². The molecule has 0 bridgehead atoms. The van der Waals surface area contributed by atoms with Crippen LogP contribution in [0.15, 0.2) is 35.4 Å². The minimum absolute atomic E-state index is 0.0120. The van der Waals surface area contributed by atoms with Gasteiger partial charge in [-0.2, -0.15) is 5.10 Å². The van der Waals surface area contributed by atoms with Crippen LogP contribution in [0.3, 0.4) is 0 Å². The molecule has 0 unspecified atom stereocenters. The fourth-order valence-corrected chi connectivity index (χ4v) is 1.28. The van der Waals surface area contributed by atoms with Gasteiger partial charge in [0, 0.05) is 25.5 Å². The van der Waals surface area contributed by atoms with Gasteiger partial charge in [-0.15, -0.1) is 0 Å². The molecule has 2 rings (SSSR count). The fourth-order valence-electron chi connectivity index (χ4n) is 1.28. The second-order valence-electron chi connectivity index (χ2n) is 3.30. The maximum absolute atomic E-state index is 11.1. The van der Waals surface area contributed by atoms with Crippen molar-refractivity contribution in [2.45, 2.75) is 6.54 Å². The number of aromatic amines is 1. The summed E-state index contributed by atoms with van der Waals surface area (Å²) in [4.78, 5) is 11.1. The molecule has 2 aromatic heterocycles. The van der Waals surface area contributed by atoms with E-state index in [1.165, 1.54) is 10.6 Å². The number of rotatable bonds is 3. The van der Waals surface area contributed by atoms with E-state index >= 15 is 0 Å². The zero-order valence-corrected chi connectivity index (χ0v) is 8.40. The van der Waals surface area contributed by atoms with Crippen LogP contribution in [0.4, 0.5) is 5.69 Å². The predicted octanol–water partition coefficient (Wildman–Crippen LogP) is 0.720. The largest absolute Gasteiger partial charge is 0.378 e. The molecule has 0 amide bonds. The van der Waals surface area contributed by atoms with Crippen molar-refractivity contribution >= 4 is 5.69 Å². The number of anilines is 1. The minimum atomic E-state index is -0.0120. The third-order valence-electron chi connectivity index (χ3n) is 2.13. The van der Waals surface area contributed by atoms with Crippen LogP contribution in [0.1, 0.15) is 5.69 Å². The molecule has 0 atom stereocenters. The molecule has 15 heavy (non-hydrogen) atoms. The van der Waals surface area contributed by atoms with Crippen molar-refractivity contribution in [3.63, 3.8) is 0 Å².